The van der Waals surface area contributed by atoms with Gasteiger partial charge in [-0.3, -0.25) is 19.1 Å². The molecule has 0 aliphatic carbocycles. The molecule has 6 heterocycles. The van der Waals surface area contributed by atoms with E-state index in [1.165, 1.54) is 18.3 Å². The smallest absolute Gasteiger partial charge is 0.261 e. The highest BCUT2D eigenvalue weighted by atomic mass is 19.1. The third-order valence-corrected chi connectivity index (χ3v) is 10.9. The number of carbonyl (C=O) groups excluding carboxylic acids is 3. The second-order valence-electron chi connectivity index (χ2n) is 14.8. The van der Waals surface area contributed by atoms with E-state index in [9.17, 15) is 18.8 Å². The summed E-state index contributed by atoms with van der Waals surface area (Å²) in [5.74, 6) is -1.10. The molecule has 0 saturated carbocycles. The highest BCUT2D eigenvalue weighted by molar-refractivity contribution is 6.08. The van der Waals surface area contributed by atoms with Crippen molar-refractivity contribution >= 4 is 29.1 Å². The van der Waals surface area contributed by atoms with Crippen LogP contribution in [0.3, 0.4) is 0 Å². The van der Waals surface area contributed by atoms with Crippen molar-refractivity contribution in [3.63, 3.8) is 0 Å². The predicted octanol–water partition coefficient (Wildman–Crippen LogP) is 5.11. The Hall–Kier alpha value is -7.03. The van der Waals surface area contributed by atoms with Crippen LogP contribution in [0.2, 0.25) is 0 Å². The molecule has 14 nitrogen and oxygen atoms in total. The Bertz CT molecular complexity index is 2700. The quantitative estimate of drug-likeness (QED) is 0.194. The van der Waals surface area contributed by atoms with E-state index in [4.69, 9.17) is 5.10 Å². The summed E-state index contributed by atoms with van der Waals surface area (Å²) in [5.41, 5.74) is 9.43. The third kappa shape index (κ3) is 7.10. The number of anilines is 1. The van der Waals surface area contributed by atoms with Crippen LogP contribution >= 0.6 is 0 Å². The summed E-state index contributed by atoms with van der Waals surface area (Å²) in [5, 5.41) is 24.0. The van der Waals surface area contributed by atoms with Crippen LogP contribution in [-0.4, -0.2) is 74.6 Å². The van der Waals surface area contributed by atoms with Gasteiger partial charge in [-0.2, -0.15) is 10.2 Å². The van der Waals surface area contributed by atoms with Crippen LogP contribution in [0.1, 0.15) is 66.6 Å². The first-order chi connectivity index (χ1) is 28.2. The van der Waals surface area contributed by atoms with Crippen LogP contribution in [0.15, 0.2) is 91.3 Å². The van der Waals surface area contributed by atoms with Gasteiger partial charge in [-0.25, -0.2) is 18.6 Å². The van der Waals surface area contributed by atoms with Crippen molar-refractivity contribution in [2.24, 2.45) is 0 Å². The monoisotopic (exact) mass is 777 g/mol. The lowest BCUT2D eigenvalue weighted by Gasteiger charge is -2.36. The lowest BCUT2D eigenvalue weighted by Crippen LogP contribution is -2.53. The summed E-state index contributed by atoms with van der Waals surface area (Å²) in [4.78, 5) is 48.0. The molecule has 0 spiro atoms. The Morgan fingerprint density at radius 2 is 1.76 bits per heavy atom. The maximum Gasteiger partial charge on any atom is 0.261 e. The van der Waals surface area contributed by atoms with Gasteiger partial charge in [0.2, 0.25) is 5.91 Å². The molecule has 3 amide bonds. The number of nitrogens with one attached hydrogen (secondary N) is 2. The number of rotatable bonds is 10. The molecule has 2 aliphatic heterocycles. The van der Waals surface area contributed by atoms with Crippen molar-refractivity contribution in [2.45, 2.75) is 65.2 Å². The molecular weight excluding hydrogens is 738 g/mol. The zero-order valence-electron chi connectivity index (χ0n) is 32.0. The molecule has 3 aromatic carbocycles. The molecule has 2 aliphatic rings. The molecule has 0 radical (unpaired) electrons. The number of carbonyl (C=O) groups is 3. The molecule has 15 heteroatoms. The number of halogens is 1. The van der Waals surface area contributed by atoms with E-state index in [1.807, 2.05) is 61.0 Å². The van der Waals surface area contributed by atoms with Crippen LogP contribution in [0, 0.1) is 19.7 Å². The van der Waals surface area contributed by atoms with E-state index < -0.39 is 6.04 Å². The van der Waals surface area contributed by atoms with E-state index in [1.54, 1.807) is 44.6 Å². The SMILES string of the molecule is Cc1cc(C)n2ncc(C(=O)Nc3ccc(-c4cn(Cc5nn6c(c5C(=O)N5Cc7ccccc7CC5C(=O)NCCc5ccc(F)cc5)CCC6)nn4)cc3)c2n1. The average molecular weight is 778 g/mol. The molecular formula is C43H40FN11O3. The van der Waals surface area contributed by atoms with E-state index in [-0.39, 0.29) is 36.6 Å². The zero-order valence-corrected chi connectivity index (χ0v) is 32.0. The fraction of sp³-hybridized carbons (Fsp3) is 0.256. The van der Waals surface area contributed by atoms with Gasteiger partial charge in [0, 0.05) is 48.7 Å². The highest BCUT2D eigenvalue weighted by Gasteiger charge is 2.38. The molecule has 58 heavy (non-hydrogen) atoms. The van der Waals surface area contributed by atoms with Gasteiger partial charge in [0.25, 0.3) is 11.8 Å². The molecule has 0 saturated heterocycles. The number of hydrogen-bond acceptors (Lipinski definition) is 8. The van der Waals surface area contributed by atoms with Gasteiger partial charge in [-0.05, 0) is 80.1 Å². The van der Waals surface area contributed by atoms with Crippen molar-refractivity contribution in [3.8, 4) is 11.3 Å². The molecule has 9 rings (SSSR count). The maximum absolute atomic E-state index is 14.8. The molecule has 7 aromatic rings. The summed E-state index contributed by atoms with van der Waals surface area (Å²) in [6.07, 6.45) is 5.81. The van der Waals surface area contributed by atoms with Crippen molar-refractivity contribution in [1.82, 2.24) is 49.6 Å². The molecule has 2 N–H and O–H groups in total. The van der Waals surface area contributed by atoms with Crippen molar-refractivity contribution < 1.29 is 18.8 Å². The van der Waals surface area contributed by atoms with Crippen LogP contribution in [0.5, 0.6) is 0 Å². The standard InChI is InChI=1S/C43H40FN11O3/c1-26-20-27(2)55-40(47-26)34(22-46-55)41(56)48-33-15-11-29(12-16-33)35-24-52(51-49-35)25-36-39(37-8-5-19-54(37)50-36)43(58)53-23-31-7-4-3-6-30(31)21-38(53)42(57)45-18-17-28-9-13-32(44)14-10-28/h3-4,6-7,9-16,20,22,24,38H,5,8,17-19,21,23,25H2,1-2H3,(H,45,57)(H,48,56). The third-order valence-electron chi connectivity index (χ3n) is 10.9. The van der Waals surface area contributed by atoms with E-state index in [0.29, 0.717) is 66.2 Å². The van der Waals surface area contributed by atoms with Crippen molar-refractivity contribution in [3.05, 3.63) is 148 Å². The summed E-state index contributed by atoms with van der Waals surface area (Å²) in [6, 6.07) is 22.6. The number of fused-ring (bicyclic) bond motifs is 3. The number of aryl methyl sites for hydroxylation is 3. The first-order valence-corrected chi connectivity index (χ1v) is 19.3. The van der Waals surface area contributed by atoms with Crippen LogP contribution in [-0.2, 0) is 43.7 Å². The van der Waals surface area contributed by atoms with E-state index in [2.05, 4.69) is 31.0 Å². The van der Waals surface area contributed by atoms with Crippen LogP contribution in [0.25, 0.3) is 16.9 Å². The normalized spacial score (nSPS) is 14.7. The summed E-state index contributed by atoms with van der Waals surface area (Å²) in [6.45, 7) is 5.34. The number of amides is 3. The fourth-order valence-corrected chi connectivity index (χ4v) is 7.97. The Balaban J connectivity index is 0.919. The Kier molecular flexibility index (Phi) is 9.55. The zero-order chi connectivity index (χ0) is 39.9. The van der Waals surface area contributed by atoms with Gasteiger partial charge < -0.3 is 15.5 Å². The Morgan fingerprint density at radius 1 is 0.966 bits per heavy atom. The van der Waals surface area contributed by atoms with Gasteiger partial charge >= 0.3 is 0 Å². The van der Waals surface area contributed by atoms with Gasteiger partial charge in [0.05, 0.1) is 35.9 Å². The van der Waals surface area contributed by atoms with Crippen molar-refractivity contribution in [2.75, 3.05) is 11.9 Å². The number of hydrogen-bond donors (Lipinski definition) is 2. The van der Waals surface area contributed by atoms with E-state index in [0.717, 1.165) is 45.8 Å². The fourth-order valence-electron chi connectivity index (χ4n) is 7.97. The minimum absolute atomic E-state index is 0.202. The lowest BCUT2D eigenvalue weighted by atomic mass is 9.92. The van der Waals surface area contributed by atoms with Gasteiger partial charge in [-0.1, -0.05) is 53.7 Å². The van der Waals surface area contributed by atoms with Gasteiger partial charge in [-0.15, -0.1) is 5.10 Å². The van der Waals surface area contributed by atoms with Crippen LogP contribution < -0.4 is 10.6 Å². The van der Waals surface area contributed by atoms with Gasteiger partial charge in [0.1, 0.15) is 23.1 Å². The second-order valence-corrected chi connectivity index (χ2v) is 14.8. The number of aromatic nitrogens is 8. The minimum atomic E-state index is -0.726. The Morgan fingerprint density at radius 3 is 2.57 bits per heavy atom. The second kappa shape index (κ2) is 15.1. The molecule has 292 valence electrons. The largest absolute Gasteiger partial charge is 0.354 e. The topological polar surface area (TPSA) is 157 Å². The molecule has 1 atom stereocenters. The first-order valence-electron chi connectivity index (χ1n) is 19.3. The van der Waals surface area contributed by atoms with E-state index >= 15 is 0 Å². The molecule has 0 fully saturated rings. The summed E-state index contributed by atoms with van der Waals surface area (Å²) in [7, 11) is 0. The summed E-state index contributed by atoms with van der Waals surface area (Å²) >= 11 is 0. The minimum Gasteiger partial charge on any atom is -0.354 e. The maximum atomic E-state index is 14.8. The van der Waals surface area contributed by atoms with Gasteiger partial charge in [0.15, 0.2) is 5.65 Å². The Labute approximate surface area is 332 Å². The van der Waals surface area contributed by atoms with Crippen LogP contribution in [0.4, 0.5) is 10.1 Å². The summed E-state index contributed by atoms with van der Waals surface area (Å²) < 4.78 is 18.6. The number of nitrogens with zero attached hydrogens (tertiary/aromatic N) is 9. The first kappa shape index (κ1) is 36.6. The lowest BCUT2D eigenvalue weighted by molar-refractivity contribution is -0.126. The number of benzene rings is 3. The van der Waals surface area contributed by atoms with Crippen molar-refractivity contribution in [1.29, 1.82) is 0 Å². The molecule has 0 bridgehead atoms. The molecule has 1 unspecified atom stereocenters. The average Bonchev–Trinajstić information content (AvgIpc) is 4.03. The highest BCUT2D eigenvalue weighted by Crippen LogP contribution is 2.30. The predicted molar refractivity (Wildman–Crippen MR) is 212 cm³/mol. The molecule has 4 aromatic heterocycles.